The lowest BCUT2D eigenvalue weighted by Crippen LogP contribution is -2.28. The molecule has 4 aromatic rings. The summed E-state index contributed by atoms with van der Waals surface area (Å²) >= 11 is 1.48. The van der Waals surface area contributed by atoms with Gasteiger partial charge in [-0.2, -0.15) is 0 Å². The maximum Gasteiger partial charge on any atom is 0.259 e. The van der Waals surface area contributed by atoms with Crippen molar-refractivity contribution >= 4 is 40.2 Å². The van der Waals surface area contributed by atoms with E-state index in [1.165, 1.54) is 31.0 Å². The van der Waals surface area contributed by atoms with Crippen LogP contribution in [0.1, 0.15) is 35.3 Å². The SMILES string of the molecule is O=C(Nc1cc2ccccc2cn1)c1cccnc1SCc1ccnc(NC2CCC2)n1. The molecule has 1 amide bonds. The number of anilines is 2. The van der Waals surface area contributed by atoms with Gasteiger partial charge in [0.2, 0.25) is 5.95 Å². The molecule has 0 radical (unpaired) electrons. The minimum Gasteiger partial charge on any atom is -0.351 e. The molecule has 8 heteroatoms. The van der Waals surface area contributed by atoms with E-state index in [4.69, 9.17) is 0 Å². The molecule has 0 saturated heterocycles. The fourth-order valence-electron chi connectivity index (χ4n) is 3.44. The quantitative estimate of drug-likeness (QED) is 0.392. The number of nitrogens with zero attached hydrogens (tertiary/aromatic N) is 4. The van der Waals surface area contributed by atoms with Crippen molar-refractivity contribution in [2.75, 3.05) is 10.6 Å². The van der Waals surface area contributed by atoms with Gasteiger partial charge in [-0.05, 0) is 48.9 Å². The first-order valence-electron chi connectivity index (χ1n) is 10.6. The summed E-state index contributed by atoms with van der Waals surface area (Å²) in [4.78, 5) is 30.6. The Morgan fingerprint density at radius 1 is 1.00 bits per heavy atom. The molecule has 32 heavy (non-hydrogen) atoms. The number of thioether (sulfide) groups is 1. The minimum absolute atomic E-state index is 0.238. The van der Waals surface area contributed by atoms with Gasteiger partial charge in [-0.1, -0.05) is 36.0 Å². The van der Waals surface area contributed by atoms with Crippen molar-refractivity contribution < 1.29 is 4.79 Å². The highest BCUT2D eigenvalue weighted by molar-refractivity contribution is 7.98. The Balaban J connectivity index is 1.28. The number of hydrogen-bond donors (Lipinski definition) is 2. The zero-order valence-corrected chi connectivity index (χ0v) is 18.2. The van der Waals surface area contributed by atoms with E-state index in [1.54, 1.807) is 30.7 Å². The average Bonchev–Trinajstić information content (AvgIpc) is 2.80. The second-order valence-electron chi connectivity index (χ2n) is 7.66. The highest BCUT2D eigenvalue weighted by Crippen LogP contribution is 2.26. The Labute approximate surface area is 190 Å². The van der Waals surface area contributed by atoms with E-state index in [9.17, 15) is 4.79 Å². The van der Waals surface area contributed by atoms with E-state index >= 15 is 0 Å². The molecular weight excluding hydrogens is 420 g/mol. The van der Waals surface area contributed by atoms with E-state index in [0.29, 0.717) is 34.2 Å². The Bertz CT molecular complexity index is 1260. The first-order chi connectivity index (χ1) is 15.7. The predicted molar refractivity (Wildman–Crippen MR) is 127 cm³/mol. The first kappa shape index (κ1) is 20.4. The first-order valence-corrected chi connectivity index (χ1v) is 11.6. The van der Waals surface area contributed by atoms with Crippen molar-refractivity contribution in [3.63, 3.8) is 0 Å². The van der Waals surface area contributed by atoms with Crippen LogP contribution in [0.3, 0.4) is 0 Å². The standard InChI is InChI=1S/C24H22N6OS/c31-22(30-21-13-16-5-1-2-6-17(16)14-27-21)20-9-4-11-25-23(20)32-15-19-10-12-26-24(29-19)28-18-7-3-8-18/h1-2,4-6,9-14,18H,3,7-8,15H2,(H,26,28,29)(H,27,30,31). The summed E-state index contributed by atoms with van der Waals surface area (Å²) in [6, 6.07) is 15.7. The number of pyridine rings is 2. The largest absolute Gasteiger partial charge is 0.351 e. The molecule has 1 aliphatic carbocycles. The van der Waals surface area contributed by atoms with Crippen molar-refractivity contribution in [2.45, 2.75) is 36.1 Å². The van der Waals surface area contributed by atoms with E-state index in [1.807, 2.05) is 36.4 Å². The van der Waals surface area contributed by atoms with E-state index < -0.39 is 0 Å². The summed E-state index contributed by atoms with van der Waals surface area (Å²) in [5, 5.41) is 8.96. The number of hydrogen-bond acceptors (Lipinski definition) is 7. The summed E-state index contributed by atoms with van der Waals surface area (Å²) in [5.41, 5.74) is 1.40. The molecule has 160 valence electrons. The highest BCUT2D eigenvalue weighted by Gasteiger charge is 2.18. The molecule has 0 atom stereocenters. The van der Waals surface area contributed by atoms with Crippen LogP contribution in [0.25, 0.3) is 10.8 Å². The molecule has 1 fully saturated rings. The lowest BCUT2D eigenvalue weighted by molar-refractivity contribution is 0.102. The molecule has 1 aromatic carbocycles. The predicted octanol–water partition coefficient (Wildman–Crippen LogP) is 4.93. The van der Waals surface area contributed by atoms with Gasteiger partial charge in [-0.3, -0.25) is 4.79 Å². The van der Waals surface area contributed by atoms with Gasteiger partial charge >= 0.3 is 0 Å². The monoisotopic (exact) mass is 442 g/mol. The Morgan fingerprint density at radius 3 is 2.72 bits per heavy atom. The van der Waals surface area contributed by atoms with Gasteiger partial charge in [0.05, 0.1) is 11.3 Å². The number of aromatic nitrogens is 4. The van der Waals surface area contributed by atoms with Gasteiger partial charge in [-0.15, -0.1) is 0 Å². The fraction of sp³-hybridized carbons (Fsp3) is 0.208. The lowest BCUT2D eigenvalue weighted by atomic mass is 9.93. The number of carbonyl (C=O) groups excluding carboxylic acids is 1. The summed E-state index contributed by atoms with van der Waals surface area (Å²) in [6.45, 7) is 0. The number of carbonyl (C=O) groups is 1. The topological polar surface area (TPSA) is 92.7 Å². The molecule has 5 rings (SSSR count). The van der Waals surface area contributed by atoms with Crippen LogP contribution in [0.4, 0.5) is 11.8 Å². The van der Waals surface area contributed by atoms with Crippen molar-refractivity contribution in [3.8, 4) is 0 Å². The lowest BCUT2D eigenvalue weighted by Gasteiger charge is -2.26. The third kappa shape index (κ3) is 4.70. The van der Waals surface area contributed by atoms with Crippen molar-refractivity contribution in [3.05, 3.63) is 78.4 Å². The molecule has 7 nitrogen and oxygen atoms in total. The molecule has 1 saturated carbocycles. The molecule has 0 spiro atoms. The molecular formula is C24H22N6OS. The van der Waals surface area contributed by atoms with Crippen LogP contribution in [0.2, 0.25) is 0 Å². The summed E-state index contributed by atoms with van der Waals surface area (Å²) in [6.07, 6.45) is 8.81. The van der Waals surface area contributed by atoms with Gasteiger partial charge < -0.3 is 10.6 Å². The highest BCUT2D eigenvalue weighted by atomic mass is 32.2. The van der Waals surface area contributed by atoms with Gasteiger partial charge in [0, 0.05) is 35.8 Å². The molecule has 0 aliphatic heterocycles. The number of fused-ring (bicyclic) bond motifs is 1. The Morgan fingerprint density at radius 2 is 1.88 bits per heavy atom. The van der Waals surface area contributed by atoms with Crippen LogP contribution in [0, 0.1) is 0 Å². The summed E-state index contributed by atoms with van der Waals surface area (Å²) < 4.78 is 0. The third-order valence-electron chi connectivity index (χ3n) is 5.40. The maximum absolute atomic E-state index is 13.0. The van der Waals surface area contributed by atoms with Crippen molar-refractivity contribution in [2.24, 2.45) is 0 Å². The number of benzene rings is 1. The fourth-order valence-corrected chi connectivity index (χ4v) is 4.33. The maximum atomic E-state index is 13.0. The smallest absolute Gasteiger partial charge is 0.259 e. The Hall–Kier alpha value is -3.52. The molecule has 3 heterocycles. The van der Waals surface area contributed by atoms with Gasteiger partial charge in [0.25, 0.3) is 5.91 Å². The van der Waals surface area contributed by atoms with E-state index in [-0.39, 0.29) is 5.91 Å². The van der Waals surface area contributed by atoms with Crippen LogP contribution in [-0.2, 0) is 5.75 Å². The second kappa shape index (κ2) is 9.32. The van der Waals surface area contributed by atoms with Crippen LogP contribution in [0.15, 0.2) is 72.1 Å². The third-order valence-corrected chi connectivity index (χ3v) is 6.44. The second-order valence-corrected chi connectivity index (χ2v) is 8.62. The molecule has 3 aromatic heterocycles. The Kier molecular flexibility index (Phi) is 5.93. The number of amides is 1. The van der Waals surface area contributed by atoms with Gasteiger partial charge in [0.1, 0.15) is 10.8 Å². The van der Waals surface area contributed by atoms with Crippen molar-refractivity contribution in [1.29, 1.82) is 0 Å². The van der Waals surface area contributed by atoms with Crippen LogP contribution < -0.4 is 10.6 Å². The van der Waals surface area contributed by atoms with E-state index in [0.717, 1.165) is 16.5 Å². The van der Waals surface area contributed by atoms with Gasteiger partial charge in [-0.25, -0.2) is 19.9 Å². The molecule has 1 aliphatic rings. The summed E-state index contributed by atoms with van der Waals surface area (Å²) in [7, 11) is 0. The summed E-state index contributed by atoms with van der Waals surface area (Å²) in [5.74, 6) is 1.52. The van der Waals surface area contributed by atoms with Crippen LogP contribution in [-0.4, -0.2) is 31.9 Å². The average molecular weight is 443 g/mol. The normalized spacial score (nSPS) is 13.5. The van der Waals surface area contributed by atoms with Crippen LogP contribution in [0.5, 0.6) is 0 Å². The molecule has 0 bridgehead atoms. The minimum atomic E-state index is -0.238. The van der Waals surface area contributed by atoms with Gasteiger partial charge in [0.15, 0.2) is 0 Å². The zero-order chi connectivity index (χ0) is 21.8. The number of nitrogens with one attached hydrogen (secondary N) is 2. The number of rotatable bonds is 7. The van der Waals surface area contributed by atoms with Crippen LogP contribution >= 0.6 is 11.8 Å². The molecule has 0 unspecified atom stereocenters. The molecule has 2 N–H and O–H groups in total. The van der Waals surface area contributed by atoms with Crippen molar-refractivity contribution in [1.82, 2.24) is 19.9 Å². The van der Waals surface area contributed by atoms with E-state index in [2.05, 4.69) is 30.6 Å². The zero-order valence-electron chi connectivity index (χ0n) is 17.4.